The zero-order chi connectivity index (χ0) is 19.6. The van der Waals surface area contributed by atoms with Crippen LogP contribution in [0.4, 0.5) is 0 Å². The Kier molecular flexibility index (Phi) is 4.92. The van der Waals surface area contributed by atoms with Crippen molar-refractivity contribution in [1.82, 2.24) is 14.4 Å². The van der Waals surface area contributed by atoms with Gasteiger partial charge in [-0.05, 0) is 30.3 Å². The topological polar surface area (TPSA) is 109 Å². The third-order valence-electron chi connectivity index (χ3n) is 4.41. The van der Waals surface area contributed by atoms with E-state index in [9.17, 15) is 8.42 Å². The van der Waals surface area contributed by atoms with Crippen molar-refractivity contribution >= 4 is 10.0 Å². The molecule has 2 aromatic carbocycles. The monoisotopic (exact) mass is 396 g/mol. The molecule has 0 amide bonds. The first-order valence-corrected chi connectivity index (χ1v) is 10.0. The number of sulfonamides is 1. The predicted molar refractivity (Wildman–Crippen MR) is 98.3 cm³/mol. The van der Waals surface area contributed by atoms with Crippen molar-refractivity contribution < 1.29 is 17.7 Å². The van der Waals surface area contributed by atoms with Crippen LogP contribution in [-0.2, 0) is 14.8 Å². The number of aromatic nitrogens is 2. The number of hydrogen-bond acceptors (Lipinski definition) is 7. The Morgan fingerprint density at radius 2 is 1.96 bits per heavy atom. The van der Waals surface area contributed by atoms with E-state index in [4.69, 9.17) is 14.5 Å². The second-order valence-corrected chi connectivity index (χ2v) is 8.06. The Hall–Kier alpha value is -3.06. The molecule has 0 bridgehead atoms. The van der Waals surface area contributed by atoms with E-state index >= 15 is 0 Å². The van der Waals surface area contributed by atoms with E-state index in [0.29, 0.717) is 5.89 Å². The molecule has 1 aromatic heterocycles. The molecule has 9 heteroatoms. The minimum atomic E-state index is -3.87. The summed E-state index contributed by atoms with van der Waals surface area (Å²) < 4.78 is 38.5. The summed E-state index contributed by atoms with van der Waals surface area (Å²) in [6.07, 6.45) is 0. The Morgan fingerprint density at radius 1 is 1.14 bits per heavy atom. The van der Waals surface area contributed by atoms with Gasteiger partial charge in [0.2, 0.25) is 10.0 Å². The zero-order valence-electron chi connectivity index (χ0n) is 14.7. The molecule has 8 nitrogen and oxygen atoms in total. The molecular weight excluding hydrogens is 380 g/mol. The molecule has 0 unspecified atom stereocenters. The molecule has 0 N–H and O–H groups in total. The van der Waals surface area contributed by atoms with Gasteiger partial charge in [0, 0.05) is 12.1 Å². The SMILES string of the molecule is N#Cc1cccc(S(=O)(=O)N2CCOC[C@H]2c2noc(-c3ccccc3)n2)c1. The van der Waals surface area contributed by atoms with Crippen LogP contribution in [0, 0.1) is 11.3 Å². The molecule has 0 spiro atoms. The third-order valence-corrected chi connectivity index (χ3v) is 6.31. The highest BCUT2D eigenvalue weighted by molar-refractivity contribution is 7.89. The maximum absolute atomic E-state index is 13.2. The van der Waals surface area contributed by atoms with E-state index in [-0.39, 0.29) is 36.0 Å². The summed E-state index contributed by atoms with van der Waals surface area (Å²) in [6, 6.07) is 16.4. The largest absolute Gasteiger partial charge is 0.378 e. The summed E-state index contributed by atoms with van der Waals surface area (Å²) in [6.45, 7) is 0.529. The number of rotatable bonds is 4. The van der Waals surface area contributed by atoms with Crippen molar-refractivity contribution in [3.8, 4) is 17.5 Å². The smallest absolute Gasteiger partial charge is 0.257 e. The number of benzene rings is 2. The highest BCUT2D eigenvalue weighted by Gasteiger charge is 2.38. The number of ether oxygens (including phenoxy) is 1. The molecule has 0 aliphatic carbocycles. The standard InChI is InChI=1S/C19H16N4O4S/c20-12-14-5-4-8-16(11-14)28(24,25)23-9-10-26-13-17(23)18-21-19(27-22-18)15-6-2-1-3-7-15/h1-8,11,17H,9-10,13H2/t17-/m0/s1. The van der Waals surface area contributed by atoms with Gasteiger partial charge in [0.25, 0.3) is 5.89 Å². The Labute approximate surface area is 162 Å². The summed E-state index contributed by atoms with van der Waals surface area (Å²) in [5.41, 5.74) is 1.02. The molecule has 1 aliphatic rings. The molecular formula is C19H16N4O4S. The van der Waals surface area contributed by atoms with E-state index in [0.717, 1.165) is 5.56 Å². The number of nitrogens with zero attached hydrogens (tertiary/aromatic N) is 4. The van der Waals surface area contributed by atoms with Gasteiger partial charge in [-0.15, -0.1) is 0 Å². The number of hydrogen-bond donors (Lipinski definition) is 0. The van der Waals surface area contributed by atoms with Gasteiger partial charge in [0.15, 0.2) is 5.82 Å². The third kappa shape index (κ3) is 3.41. The highest BCUT2D eigenvalue weighted by atomic mass is 32.2. The van der Waals surface area contributed by atoms with Crippen LogP contribution in [0.25, 0.3) is 11.5 Å². The lowest BCUT2D eigenvalue weighted by Crippen LogP contribution is -2.43. The summed E-state index contributed by atoms with van der Waals surface area (Å²) in [4.78, 5) is 4.43. The lowest BCUT2D eigenvalue weighted by Gasteiger charge is -2.32. The van der Waals surface area contributed by atoms with Crippen LogP contribution in [-0.4, -0.2) is 42.6 Å². The zero-order valence-corrected chi connectivity index (χ0v) is 15.5. The number of nitriles is 1. The minimum absolute atomic E-state index is 0.0465. The second-order valence-electron chi connectivity index (χ2n) is 6.17. The predicted octanol–water partition coefficient (Wildman–Crippen LogP) is 2.37. The van der Waals surface area contributed by atoms with Gasteiger partial charge in [-0.1, -0.05) is 29.4 Å². The Bertz CT molecular complexity index is 1120. The van der Waals surface area contributed by atoms with E-state index in [1.165, 1.54) is 16.4 Å². The maximum atomic E-state index is 13.2. The molecule has 1 atom stereocenters. The maximum Gasteiger partial charge on any atom is 0.257 e. The average Bonchev–Trinajstić information content (AvgIpc) is 3.24. The first-order chi connectivity index (χ1) is 13.6. The van der Waals surface area contributed by atoms with Gasteiger partial charge < -0.3 is 9.26 Å². The van der Waals surface area contributed by atoms with E-state index in [1.54, 1.807) is 12.1 Å². The second kappa shape index (κ2) is 7.52. The van der Waals surface area contributed by atoms with Crippen molar-refractivity contribution in [2.45, 2.75) is 10.9 Å². The molecule has 1 aliphatic heterocycles. The molecule has 28 heavy (non-hydrogen) atoms. The first-order valence-electron chi connectivity index (χ1n) is 8.58. The first kappa shape index (κ1) is 18.3. The van der Waals surface area contributed by atoms with Gasteiger partial charge in [-0.3, -0.25) is 0 Å². The summed E-state index contributed by atoms with van der Waals surface area (Å²) in [5.74, 6) is 0.545. The molecule has 2 heterocycles. The van der Waals surface area contributed by atoms with Crippen LogP contribution in [0.5, 0.6) is 0 Å². The van der Waals surface area contributed by atoms with E-state index in [1.807, 2.05) is 36.4 Å². The van der Waals surface area contributed by atoms with Crippen LogP contribution >= 0.6 is 0 Å². The van der Waals surface area contributed by atoms with Gasteiger partial charge in [0.1, 0.15) is 6.04 Å². The van der Waals surface area contributed by atoms with Crippen LogP contribution in [0.2, 0.25) is 0 Å². The molecule has 142 valence electrons. The van der Waals surface area contributed by atoms with Crippen LogP contribution in [0.15, 0.2) is 64.0 Å². The van der Waals surface area contributed by atoms with Crippen molar-refractivity contribution in [3.63, 3.8) is 0 Å². The van der Waals surface area contributed by atoms with Gasteiger partial charge >= 0.3 is 0 Å². The fourth-order valence-electron chi connectivity index (χ4n) is 3.01. The Morgan fingerprint density at radius 3 is 2.75 bits per heavy atom. The molecule has 0 radical (unpaired) electrons. The summed E-state index contributed by atoms with van der Waals surface area (Å²) >= 11 is 0. The molecule has 1 saturated heterocycles. The fourth-order valence-corrected chi connectivity index (χ4v) is 4.61. The van der Waals surface area contributed by atoms with Crippen LogP contribution < -0.4 is 0 Å². The molecule has 3 aromatic rings. The quantitative estimate of drug-likeness (QED) is 0.666. The Balaban J connectivity index is 1.69. The van der Waals surface area contributed by atoms with Crippen molar-refractivity contribution in [2.75, 3.05) is 19.8 Å². The van der Waals surface area contributed by atoms with E-state index in [2.05, 4.69) is 10.1 Å². The molecule has 0 saturated carbocycles. The molecule has 4 rings (SSSR count). The lowest BCUT2D eigenvalue weighted by atomic mass is 10.2. The summed E-state index contributed by atoms with van der Waals surface area (Å²) in [5, 5.41) is 13.1. The normalized spacial score (nSPS) is 17.9. The van der Waals surface area contributed by atoms with Crippen LogP contribution in [0.1, 0.15) is 17.4 Å². The number of morpholine rings is 1. The van der Waals surface area contributed by atoms with Crippen LogP contribution in [0.3, 0.4) is 0 Å². The van der Waals surface area contributed by atoms with Crippen molar-refractivity contribution in [1.29, 1.82) is 5.26 Å². The van der Waals surface area contributed by atoms with Gasteiger partial charge in [-0.25, -0.2) is 8.42 Å². The minimum Gasteiger partial charge on any atom is -0.378 e. The van der Waals surface area contributed by atoms with Crippen molar-refractivity contribution in [2.24, 2.45) is 0 Å². The van der Waals surface area contributed by atoms with E-state index < -0.39 is 16.1 Å². The van der Waals surface area contributed by atoms with Crippen molar-refractivity contribution in [3.05, 3.63) is 66.0 Å². The summed E-state index contributed by atoms with van der Waals surface area (Å²) in [7, 11) is -3.87. The van der Waals surface area contributed by atoms with Gasteiger partial charge in [0.05, 0.1) is 29.7 Å². The lowest BCUT2D eigenvalue weighted by molar-refractivity contribution is 0.0282. The fraction of sp³-hybridized carbons (Fsp3) is 0.211. The molecule has 1 fully saturated rings. The van der Waals surface area contributed by atoms with Gasteiger partial charge in [-0.2, -0.15) is 14.6 Å². The highest BCUT2D eigenvalue weighted by Crippen LogP contribution is 2.30. The average molecular weight is 396 g/mol.